The van der Waals surface area contributed by atoms with Crippen LogP contribution in [0.25, 0.3) is 0 Å². The summed E-state index contributed by atoms with van der Waals surface area (Å²) in [6, 6.07) is 11.4. The van der Waals surface area contributed by atoms with Gasteiger partial charge in [0.1, 0.15) is 11.6 Å². The van der Waals surface area contributed by atoms with Gasteiger partial charge in [0, 0.05) is 11.6 Å². The van der Waals surface area contributed by atoms with E-state index in [4.69, 9.17) is 16.3 Å². The summed E-state index contributed by atoms with van der Waals surface area (Å²) in [5, 5.41) is 6.01. The molecule has 2 unspecified atom stereocenters. The highest BCUT2D eigenvalue weighted by Gasteiger charge is 2.48. The van der Waals surface area contributed by atoms with Crippen molar-refractivity contribution < 1.29 is 18.7 Å². The average Bonchev–Trinajstić information content (AvgIpc) is 3.44. The van der Waals surface area contributed by atoms with Gasteiger partial charge < -0.3 is 15.4 Å². The first kappa shape index (κ1) is 19.2. The minimum atomic E-state index is -0.387. The number of nitrogens with one attached hydrogen (secondary N) is 2. The summed E-state index contributed by atoms with van der Waals surface area (Å²) in [5.41, 5.74) is 1.02. The van der Waals surface area contributed by atoms with Crippen LogP contribution >= 0.6 is 11.6 Å². The molecular weight excluding hydrogens is 371 g/mol. The molecule has 1 aliphatic rings. The highest BCUT2D eigenvalue weighted by Crippen LogP contribution is 2.40. The predicted molar refractivity (Wildman–Crippen MR) is 101 cm³/mol. The van der Waals surface area contributed by atoms with Gasteiger partial charge in [0.05, 0.1) is 24.6 Å². The van der Waals surface area contributed by atoms with E-state index in [9.17, 15) is 14.0 Å². The molecule has 0 bridgehead atoms. The van der Waals surface area contributed by atoms with E-state index in [1.165, 1.54) is 13.2 Å². The van der Waals surface area contributed by atoms with E-state index in [0.717, 1.165) is 0 Å². The number of rotatable bonds is 7. The van der Waals surface area contributed by atoms with Gasteiger partial charge in [-0.25, -0.2) is 4.39 Å². The Morgan fingerprint density at radius 1 is 1.19 bits per heavy atom. The van der Waals surface area contributed by atoms with Crippen molar-refractivity contribution in [3.63, 3.8) is 0 Å². The average molecular weight is 391 g/mol. The molecule has 0 spiro atoms. The summed E-state index contributed by atoms with van der Waals surface area (Å²) < 4.78 is 18.8. The summed E-state index contributed by atoms with van der Waals surface area (Å²) in [6.07, 6.45) is 0.891. The fourth-order valence-electron chi connectivity index (χ4n) is 2.93. The van der Waals surface area contributed by atoms with Crippen molar-refractivity contribution in [3.8, 4) is 5.75 Å². The van der Waals surface area contributed by atoms with E-state index in [-0.39, 0.29) is 29.5 Å². The van der Waals surface area contributed by atoms with Gasteiger partial charge in [-0.15, -0.1) is 0 Å². The molecule has 1 aliphatic carbocycles. The van der Waals surface area contributed by atoms with Crippen LogP contribution in [0.2, 0.25) is 5.02 Å². The Morgan fingerprint density at radius 2 is 1.93 bits per heavy atom. The van der Waals surface area contributed by atoms with E-state index in [0.29, 0.717) is 41.4 Å². The van der Waals surface area contributed by atoms with Crippen molar-refractivity contribution in [1.29, 1.82) is 0 Å². The first-order valence-electron chi connectivity index (χ1n) is 8.65. The second-order valence-corrected chi connectivity index (χ2v) is 6.85. The molecule has 3 rings (SSSR count). The standard InChI is InChI=1S/C20H20ClFN2O3/c1-27-18-7-6-13(21)10-17(18)24-20(26)15-11-14(15)19(25)23-9-8-12-4-2-3-5-16(12)22/h2-7,10,14-15H,8-9,11H2,1H3,(H,23,25)(H,24,26). The molecule has 7 heteroatoms. The smallest absolute Gasteiger partial charge is 0.228 e. The molecule has 0 aromatic heterocycles. The molecule has 0 saturated heterocycles. The van der Waals surface area contributed by atoms with Gasteiger partial charge in [-0.1, -0.05) is 29.8 Å². The van der Waals surface area contributed by atoms with Crippen molar-refractivity contribution in [2.45, 2.75) is 12.8 Å². The maximum atomic E-state index is 13.6. The van der Waals surface area contributed by atoms with E-state index < -0.39 is 0 Å². The molecule has 0 heterocycles. The first-order chi connectivity index (χ1) is 13.0. The zero-order chi connectivity index (χ0) is 19.4. The Balaban J connectivity index is 1.48. The van der Waals surface area contributed by atoms with Crippen LogP contribution in [0.5, 0.6) is 5.75 Å². The minimum absolute atomic E-state index is 0.190. The van der Waals surface area contributed by atoms with E-state index in [2.05, 4.69) is 10.6 Å². The Hall–Kier alpha value is -2.60. The Bertz CT molecular complexity index is 859. The molecule has 5 nitrogen and oxygen atoms in total. The zero-order valence-electron chi connectivity index (χ0n) is 14.8. The van der Waals surface area contributed by atoms with E-state index in [1.54, 1.807) is 36.4 Å². The lowest BCUT2D eigenvalue weighted by Gasteiger charge is -2.10. The van der Waals surface area contributed by atoms with Gasteiger partial charge in [-0.2, -0.15) is 0 Å². The lowest BCUT2D eigenvalue weighted by atomic mass is 10.1. The lowest BCUT2D eigenvalue weighted by Crippen LogP contribution is -2.29. The van der Waals surface area contributed by atoms with Crippen molar-refractivity contribution >= 4 is 29.1 Å². The molecule has 2 aromatic rings. The van der Waals surface area contributed by atoms with E-state index in [1.807, 2.05) is 0 Å². The number of benzene rings is 2. The van der Waals surface area contributed by atoms with Gasteiger partial charge >= 0.3 is 0 Å². The maximum Gasteiger partial charge on any atom is 0.228 e. The second kappa shape index (κ2) is 8.39. The SMILES string of the molecule is COc1ccc(Cl)cc1NC(=O)C1CC1C(=O)NCCc1ccccc1F. The summed E-state index contributed by atoms with van der Waals surface area (Å²) >= 11 is 5.95. The molecule has 2 atom stereocenters. The van der Waals surface area contributed by atoms with Gasteiger partial charge in [0.15, 0.2) is 0 Å². The minimum Gasteiger partial charge on any atom is -0.495 e. The number of ether oxygens (including phenoxy) is 1. The number of methoxy groups -OCH3 is 1. The highest BCUT2D eigenvalue weighted by molar-refractivity contribution is 6.31. The molecule has 1 saturated carbocycles. The normalized spacial score (nSPS) is 17.9. The second-order valence-electron chi connectivity index (χ2n) is 6.41. The van der Waals surface area contributed by atoms with Crippen LogP contribution in [0.4, 0.5) is 10.1 Å². The molecular formula is C20H20ClFN2O3. The molecule has 0 radical (unpaired) electrons. The number of carbonyl (C=O) groups is 2. The highest BCUT2D eigenvalue weighted by atomic mass is 35.5. The molecule has 1 fully saturated rings. The van der Waals surface area contributed by atoms with Gasteiger partial charge in [-0.05, 0) is 42.7 Å². The number of carbonyl (C=O) groups excluding carboxylic acids is 2. The monoisotopic (exact) mass is 390 g/mol. The third kappa shape index (κ3) is 4.77. The summed E-state index contributed by atoms with van der Waals surface area (Å²) in [7, 11) is 1.50. The first-order valence-corrected chi connectivity index (χ1v) is 9.03. The summed E-state index contributed by atoms with van der Waals surface area (Å²) in [5.74, 6) is -0.975. The fourth-order valence-corrected chi connectivity index (χ4v) is 3.10. The number of hydrogen-bond acceptors (Lipinski definition) is 3. The van der Waals surface area contributed by atoms with Crippen molar-refractivity contribution in [2.75, 3.05) is 19.0 Å². The van der Waals surface area contributed by atoms with Crippen LogP contribution in [0.1, 0.15) is 12.0 Å². The molecule has 2 amide bonds. The van der Waals surface area contributed by atoms with Crippen LogP contribution in [0.15, 0.2) is 42.5 Å². The lowest BCUT2D eigenvalue weighted by molar-refractivity contribution is -0.125. The molecule has 2 aromatic carbocycles. The van der Waals surface area contributed by atoms with Crippen molar-refractivity contribution in [3.05, 3.63) is 58.9 Å². The fraction of sp³-hybridized carbons (Fsp3) is 0.300. The third-order valence-corrected chi connectivity index (χ3v) is 4.77. The molecule has 27 heavy (non-hydrogen) atoms. The molecule has 142 valence electrons. The van der Waals surface area contributed by atoms with Crippen LogP contribution in [0, 0.1) is 17.7 Å². The Labute approximate surface area is 161 Å². The van der Waals surface area contributed by atoms with Crippen molar-refractivity contribution in [1.82, 2.24) is 5.32 Å². The largest absolute Gasteiger partial charge is 0.495 e. The van der Waals surface area contributed by atoms with Crippen LogP contribution in [-0.2, 0) is 16.0 Å². The van der Waals surface area contributed by atoms with Gasteiger partial charge in [0.25, 0.3) is 0 Å². The number of hydrogen-bond donors (Lipinski definition) is 2. The van der Waals surface area contributed by atoms with E-state index >= 15 is 0 Å². The summed E-state index contributed by atoms with van der Waals surface area (Å²) in [4.78, 5) is 24.6. The Morgan fingerprint density at radius 3 is 2.67 bits per heavy atom. The number of anilines is 1. The van der Waals surface area contributed by atoms with Gasteiger partial charge in [-0.3, -0.25) is 9.59 Å². The summed E-state index contributed by atoms with van der Waals surface area (Å²) in [6.45, 7) is 0.326. The molecule has 0 aliphatic heterocycles. The topological polar surface area (TPSA) is 67.4 Å². The molecule has 2 N–H and O–H groups in total. The Kier molecular flexibility index (Phi) is 5.96. The number of halogens is 2. The van der Waals surface area contributed by atoms with Crippen LogP contribution in [-0.4, -0.2) is 25.5 Å². The van der Waals surface area contributed by atoms with Gasteiger partial charge in [0.2, 0.25) is 11.8 Å². The maximum absolute atomic E-state index is 13.6. The van der Waals surface area contributed by atoms with Crippen LogP contribution < -0.4 is 15.4 Å². The zero-order valence-corrected chi connectivity index (χ0v) is 15.6. The van der Waals surface area contributed by atoms with Crippen molar-refractivity contribution in [2.24, 2.45) is 11.8 Å². The quantitative estimate of drug-likeness (QED) is 0.761. The number of amides is 2. The third-order valence-electron chi connectivity index (χ3n) is 4.53. The predicted octanol–water partition coefficient (Wildman–Crippen LogP) is 3.42. The van der Waals surface area contributed by atoms with Crippen LogP contribution in [0.3, 0.4) is 0 Å².